The van der Waals surface area contributed by atoms with Crippen molar-refractivity contribution in [2.75, 3.05) is 6.61 Å². The molecule has 0 bridgehead atoms. The van der Waals surface area contributed by atoms with E-state index in [9.17, 15) is 0 Å². The van der Waals surface area contributed by atoms with Gasteiger partial charge in [-0.3, -0.25) is 0 Å². The minimum Gasteiger partial charge on any atom is -0.397 e. The Morgan fingerprint density at radius 2 is 1.70 bits per heavy atom. The Morgan fingerprint density at radius 1 is 1.30 bits per heavy atom. The summed E-state index contributed by atoms with van der Waals surface area (Å²) in [6.45, 7) is 4.01. The Kier molecular flexibility index (Phi) is 5.79. The molecule has 0 aliphatic heterocycles. The minimum absolute atomic E-state index is 0. The molecule has 1 aromatic carbocycles. The van der Waals surface area contributed by atoms with Crippen LogP contribution in [0, 0.1) is 6.92 Å². The molecule has 0 heterocycles. The average Bonchev–Trinajstić information content (AvgIpc) is 1.91. The topological polar surface area (TPSA) is 20.2 Å². The molecule has 0 aliphatic rings. The molecule has 0 fully saturated rings. The van der Waals surface area contributed by atoms with Crippen molar-refractivity contribution in [3.8, 4) is 0 Å². The van der Waals surface area contributed by atoms with Gasteiger partial charge in [-0.05, 0) is 13.8 Å². The third kappa shape index (κ3) is 5.32. The highest BCUT2D eigenvalue weighted by atomic mass is 16.2. The number of hydrogen-bond acceptors (Lipinski definition) is 1. The minimum atomic E-state index is 0. The zero-order valence-corrected chi connectivity index (χ0v) is 6.54. The fourth-order valence-electron chi connectivity index (χ4n) is 0.534. The van der Waals surface area contributed by atoms with Gasteiger partial charge in [0.2, 0.25) is 0 Å². The third-order valence-corrected chi connectivity index (χ3v) is 0.940. The molecule has 1 aromatic rings. The van der Waals surface area contributed by atoms with Gasteiger partial charge in [0, 0.05) is 8.03 Å². The van der Waals surface area contributed by atoms with Crippen LogP contribution in [0.3, 0.4) is 0 Å². The van der Waals surface area contributed by atoms with E-state index in [0.29, 0.717) is 0 Å². The van der Waals surface area contributed by atoms with Gasteiger partial charge in [-0.25, -0.2) is 0 Å². The van der Waals surface area contributed by atoms with Gasteiger partial charge in [0.25, 0.3) is 0 Å². The maximum absolute atomic E-state index is 7.57. The summed E-state index contributed by atoms with van der Waals surface area (Å²) < 4.78 is 0. The van der Waals surface area contributed by atoms with Crippen molar-refractivity contribution in [2.45, 2.75) is 13.8 Å². The number of rotatable bonds is 0. The molecule has 1 rings (SSSR count). The van der Waals surface area contributed by atoms with Crippen LogP contribution >= 0.6 is 0 Å². The maximum Gasteiger partial charge on any atom is 0.0402 e. The monoisotopic (exact) mass is 140 g/mol. The molecule has 58 valence electrons. The molecular formula is C9H16O. The zero-order valence-electron chi connectivity index (χ0n) is 6.54. The first-order valence-electron chi connectivity index (χ1n) is 3.43. The van der Waals surface area contributed by atoms with Crippen LogP contribution in [-0.4, -0.2) is 11.7 Å². The van der Waals surface area contributed by atoms with Crippen LogP contribution in [0.4, 0.5) is 0 Å². The summed E-state index contributed by atoms with van der Waals surface area (Å²) in [6, 6.07) is 10.3. The van der Waals surface area contributed by atoms with E-state index in [1.165, 1.54) is 5.56 Å². The molecule has 0 amide bonds. The van der Waals surface area contributed by atoms with Crippen LogP contribution in [0.15, 0.2) is 30.3 Å². The predicted molar refractivity (Wildman–Crippen MR) is 46.1 cm³/mol. The number of hydrogen-bond donors (Lipinski definition) is 1. The Morgan fingerprint density at radius 3 is 1.90 bits per heavy atom. The highest BCUT2D eigenvalue weighted by molar-refractivity contribution is 5.11. The summed E-state index contributed by atoms with van der Waals surface area (Å²) >= 11 is 0. The second-order valence-corrected chi connectivity index (χ2v) is 1.97. The van der Waals surface area contributed by atoms with Gasteiger partial charge in [0.1, 0.15) is 0 Å². The van der Waals surface area contributed by atoms with Crippen molar-refractivity contribution >= 4 is 0 Å². The van der Waals surface area contributed by atoms with E-state index in [1.807, 2.05) is 18.2 Å². The molecule has 0 radical (unpaired) electrons. The van der Waals surface area contributed by atoms with E-state index in [-0.39, 0.29) is 8.03 Å². The lowest BCUT2D eigenvalue weighted by Crippen LogP contribution is -1.62. The third-order valence-electron chi connectivity index (χ3n) is 0.940. The molecule has 1 nitrogen and oxygen atoms in total. The summed E-state index contributed by atoms with van der Waals surface area (Å²) in [5.74, 6) is 0. The maximum atomic E-state index is 7.57. The second-order valence-electron chi connectivity index (χ2n) is 1.97. The Labute approximate surface area is 63.8 Å². The molecule has 0 aromatic heterocycles. The average molecular weight is 140 g/mol. The molecule has 0 unspecified atom stereocenters. The molecule has 1 heteroatoms. The van der Waals surface area contributed by atoms with Crippen molar-refractivity contribution in [1.29, 1.82) is 0 Å². The van der Waals surface area contributed by atoms with Gasteiger partial charge < -0.3 is 5.11 Å². The fraction of sp³-hybridized carbons (Fsp3) is 0.333. The standard InChI is InChI=1S/C7H8.C2H6O.H2/c1-7-5-3-2-4-6-7;1-2-3;/h2-6H,1H3;3H,2H2,1H3;1H. The number of benzene rings is 1. The highest BCUT2D eigenvalue weighted by Crippen LogP contribution is 1.92. The zero-order chi connectivity index (χ0) is 7.82. The molecular weight excluding hydrogens is 124 g/mol. The van der Waals surface area contributed by atoms with Crippen LogP contribution in [0.5, 0.6) is 0 Å². The Balaban J connectivity index is 0. The summed E-state index contributed by atoms with van der Waals surface area (Å²) in [4.78, 5) is 0. The lowest BCUT2D eigenvalue weighted by Gasteiger charge is -1.82. The van der Waals surface area contributed by atoms with Gasteiger partial charge in [0.05, 0.1) is 0 Å². The number of aliphatic hydroxyl groups is 1. The van der Waals surface area contributed by atoms with Crippen molar-refractivity contribution < 1.29 is 6.53 Å². The first-order valence-corrected chi connectivity index (χ1v) is 3.43. The fourth-order valence-corrected chi connectivity index (χ4v) is 0.534. The molecule has 10 heavy (non-hydrogen) atoms. The summed E-state index contributed by atoms with van der Waals surface area (Å²) in [7, 11) is 0. The van der Waals surface area contributed by atoms with Crippen molar-refractivity contribution in [3.05, 3.63) is 35.9 Å². The first kappa shape index (κ1) is 9.18. The predicted octanol–water partition coefficient (Wildman–Crippen LogP) is 2.24. The molecule has 1 N–H and O–H groups in total. The Hall–Kier alpha value is -0.820. The first-order chi connectivity index (χ1) is 4.81. The van der Waals surface area contributed by atoms with Gasteiger partial charge in [-0.1, -0.05) is 35.9 Å². The van der Waals surface area contributed by atoms with E-state index >= 15 is 0 Å². The van der Waals surface area contributed by atoms with Gasteiger partial charge in [-0.15, -0.1) is 0 Å². The van der Waals surface area contributed by atoms with E-state index in [2.05, 4.69) is 19.1 Å². The van der Waals surface area contributed by atoms with Gasteiger partial charge in [0.15, 0.2) is 0 Å². The van der Waals surface area contributed by atoms with E-state index in [0.717, 1.165) is 0 Å². The SMILES string of the molecule is CCO.Cc1ccccc1.[HH]. The lowest BCUT2D eigenvalue weighted by atomic mass is 10.2. The van der Waals surface area contributed by atoms with E-state index < -0.39 is 0 Å². The van der Waals surface area contributed by atoms with Crippen LogP contribution in [0.25, 0.3) is 0 Å². The van der Waals surface area contributed by atoms with Crippen LogP contribution in [0.1, 0.15) is 13.9 Å². The number of aryl methyl sites for hydroxylation is 1. The normalized spacial score (nSPS) is 7.90. The smallest absolute Gasteiger partial charge is 0.0402 e. The molecule has 0 saturated carbocycles. The van der Waals surface area contributed by atoms with Gasteiger partial charge in [-0.2, -0.15) is 0 Å². The highest BCUT2D eigenvalue weighted by Gasteiger charge is 1.72. The second kappa shape index (κ2) is 6.30. The summed E-state index contributed by atoms with van der Waals surface area (Å²) in [5, 5.41) is 7.57. The largest absolute Gasteiger partial charge is 0.397 e. The lowest BCUT2D eigenvalue weighted by molar-refractivity contribution is 0.318. The van der Waals surface area contributed by atoms with Crippen molar-refractivity contribution in [3.63, 3.8) is 0 Å². The molecule has 0 spiro atoms. The van der Waals surface area contributed by atoms with Crippen LogP contribution < -0.4 is 0 Å². The molecule has 0 aliphatic carbocycles. The Bertz CT molecular complexity index is 151. The van der Waals surface area contributed by atoms with Crippen LogP contribution in [-0.2, 0) is 0 Å². The van der Waals surface area contributed by atoms with Crippen molar-refractivity contribution in [1.82, 2.24) is 0 Å². The molecule has 0 atom stereocenters. The van der Waals surface area contributed by atoms with E-state index in [1.54, 1.807) is 6.92 Å². The summed E-state index contributed by atoms with van der Waals surface area (Å²) in [6.07, 6.45) is 0. The summed E-state index contributed by atoms with van der Waals surface area (Å²) in [5.41, 5.74) is 1.32. The quantitative estimate of drug-likeness (QED) is 0.586. The van der Waals surface area contributed by atoms with E-state index in [4.69, 9.17) is 5.11 Å². The van der Waals surface area contributed by atoms with Gasteiger partial charge >= 0.3 is 0 Å². The number of aliphatic hydroxyl groups excluding tert-OH is 1. The van der Waals surface area contributed by atoms with Crippen molar-refractivity contribution in [2.24, 2.45) is 0 Å². The molecule has 0 saturated heterocycles. The van der Waals surface area contributed by atoms with Crippen LogP contribution in [0.2, 0.25) is 0 Å².